The minimum Gasteiger partial charge on any atom is -0.390 e. The van der Waals surface area contributed by atoms with E-state index in [1.54, 1.807) is 26.6 Å². The van der Waals surface area contributed by atoms with Gasteiger partial charge in [0.25, 0.3) is 0 Å². The average Bonchev–Trinajstić information content (AvgIpc) is 2.39. The first-order valence-corrected chi connectivity index (χ1v) is 5.46. The largest absolute Gasteiger partial charge is 0.390 e. The van der Waals surface area contributed by atoms with Crippen LogP contribution in [-0.2, 0) is 16.1 Å². The minimum atomic E-state index is -0.0938. The van der Waals surface area contributed by atoms with Crippen LogP contribution in [-0.4, -0.2) is 55.6 Å². The molecular formula is C11H19N3O3. The summed E-state index contributed by atoms with van der Waals surface area (Å²) in [6, 6.07) is 0. The number of rotatable bonds is 8. The zero-order valence-corrected chi connectivity index (χ0v) is 10.3. The summed E-state index contributed by atoms with van der Waals surface area (Å²) in [6.07, 6.45) is 3.22. The summed E-state index contributed by atoms with van der Waals surface area (Å²) in [5.74, 6) is 0.760. The summed E-state index contributed by atoms with van der Waals surface area (Å²) in [7, 11) is 3.32. The normalized spacial score (nSPS) is 10.5. The van der Waals surface area contributed by atoms with Gasteiger partial charge in [0.2, 0.25) is 0 Å². The topological polar surface area (TPSA) is 67.7 Å². The van der Waals surface area contributed by atoms with Crippen molar-refractivity contribution in [3.05, 3.63) is 18.1 Å². The van der Waals surface area contributed by atoms with E-state index in [0.29, 0.717) is 18.9 Å². The second-order valence-electron chi connectivity index (χ2n) is 3.50. The van der Waals surface area contributed by atoms with Crippen molar-refractivity contribution in [3.8, 4) is 0 Å². The lowest BCUT2D eigenvalue weighted by molar-refractivity contribution is 0.190. The van der Waals surface area contributed by atoms with Crippen molar-refractivity contribution < 1.29 is 14.6 Å². The first-order chi connectivity index (χ1) is 8.31. The number of anilines is 1. The third-order valence-corrected chi connectivity index (χ3v) is 2.31. The summed E-state index contributed by atoms with van der Waals surface area (Å²) in [5, 5.41) is 8.89. The summed E-state index contributed by atoms with van der Waals surface area (Å²) in [5.41, 5.74) is 0.562. The smallest absolute Gasteiger partial charge is 0.147 e. The van der Waals surface area contributed by atoms with Crippen LogP contribution in [0, 0.1) is 0 Å². The van der Waals surface area contributed by atoms with Crippen molar-refractivity contribution in [1.82, 2.24) is 9.97 Å². The molecule has 0 aromatic carbocycles. The van der Waals surface area contributed by atoms with Gasteiger partial charge in [0.15, 0.2) is 0 Å². The lowest BCUT2D eigenvalue weighted by Crippen LogP contribution is -2.31. The van der Waals surface area contributed by atoms with E-state index in [9.17, 15) is 0 Å². The highest BCUT2D eigenvalue weighted by Crippen LogP contribution is 2.08. The Morgan fingerprint density at radius 3 is 2.18 bits per heavy atom. The Labute approximate surface area is 101 Å². The summed E-state index contributed by atoms with van der Waals surface area (Å²) in [6.45, 7) is 2.60. The van der Waals surface area contributed by atoms with Gasteiger partial charge in [0, 0.05) is 27.3 Å². The molecule has 0 saturated carbocycles. The number of aliphatic hydroxyl groups excluding tert-OH is 1. The van der Waals surface area contributed by atoms with Gasteiger partial charge in [-0.1, -0.05) is 0 Å². The number of methoxy groups -OCH3 is 2. The van der Waals surface area contributed by atoms with E-state index in [2.05, 4.69) is 9.97 Å². The van der Waals surface area contributed by atoms with Gasteiger partial charge in [-0.05, 0) is 0 Å². The van der Waals surface area contributed by atoms with Crippen LogP contribution in [0.5, 0.6) is 0 Å². The van der Waals surface area contributed by atoms with Gasteiger partial charge in [-0.2, -0.15) is 0 Å². The highest BCUT2D eigenvalue weighted by Gasteiger charge is 2.07. The first kappa shape index (κ1) is 13.8. The Balaban J connectivity index is 2.65. The molecule has 0 bridgehead atoms. The molecule has 0 atom stereocenters. The molecule has 6 nitrogen and oxygen atoms in total. The van der Waals surface area contributed by atoms with Crippen LogP contribution in [0.4, 0.5) is 5.82 Å². The van der Waals surface area contributed by atoms with Gasteiger partial charge in [-0.3, -0.25) is 4.98 Å². The van der Waals surface area contributed by atoms with Crippen molar-refractivity contribution in [2.45, 2.75) is 6.61 Å². The molecule has 1 heterocycles. The third-order valence-electron chi connectivity index (χ3n) is 2.31. The SMILES string of the molecule is COCCN(CCOC)c1cnc(CO)cn1. The third kappa shape index (κ3) is 4.64. The molecule has 1 rings (SSSR count). The summed E-state index contributed by atoms with van der Waals surface area (Å²) >= 11 is 0. The molecule has 0 fully saturated rings. The van der Waals surface area contributed by atoms with Crippen molar-refractivity contribution in [2.24, 2.45) is 0 Å². The number of hydrogen-bond donors (Lipinski definition) is 1. The van der Waals surface area contributed by atoms with Gasteiger partial charge >= 0.3 is 0 Å². The van der Waals surface area contributed by atoms with E-state index in [4.69, 9.17) is 14.6 Å². The quantitative estimate of drug-likeness (QED) is 0.694. The number of ether oxygens (including phenoxy) is 2. The number of nitrogens with zero attached hydrogens (tertiary/aromatic N) is 3. The van der Waals surface area contributed by atoms with Crippen LogP contribution in [0.2, 0.25) is 0 Å². The predicted octanol–water partition coefficient (Wildman–Crippen LogP) is 0.0681. The highest BCUT2D eigenvalue weighted by molar-refractivity contribution is 5.35. The van der Waals surface area contributed by atoms with Crippen molar-refractivity contribution in [1.29, 1.82) is 0 Å². The average molecular weight is 241 g/mol. The molecule has 0 spiro atoms. The Morgan fingerprint density at radius 2 is 1.76 bits per heavy atom. The Morgan fingerprint density at radius 1 is 1.12 bits per heavy atom. The highest BCUT2D eigenvalue weighted by atomic mass is 16.5. The molecule has 0 aliphatic carbocycles. The van der Waals surface area contributed by atoms with Crippen molar-refractivity contribution >= 4 is 5.82 Å². The lowest BCUT2D eigenvalue weighted by atomic mass is 10.4. The predicted molar refractivity (Wildman–Crippen MR) is 63.9 cm³/mol. The molecule has 1 N–H and O–H groups in total. The van der Waals surface area contributed by atoms with E-state index in [-0.39, 0.29) is 6.61 Å². The van der Waals surface area contributed by atoms with Gasteiger partial charge < -0.3 is 19.5 Å². The van der Waals surface area contributed by atoms with E-state index >= 15 is 0 Å². The van der Waals surface area contributed by atoms with Crippen LogP contribution in [0.1, 0.15) is 5.69 Å². The van der Waals surface area contributed by atoms with Crippen LogP contribution in [0.3, 0.4) is 0 Å². The standard InChI is InChI=1S/C11H19N3O3/c1-16-5-3-14(4-6-17-2)11-8-12-10(9-15)7-13-11/h7-8,15H,3-6,9H2,1-2H3. The molecule has 1 aromatic rings. The molecule has 0 aliphatic rings. The Hall–Kier alpha value is -1.24. The zero-order valence-electron chi connectivity index (χ0n) is 10.3. The molecule has 0 aliphatic heterocycles. The molecule has 96 valence electrons. The maximum atomic E-state index is 8.89. The van der Waals surface area contributed by atoms with Gasteiger partial charge in [0.05, 0.1) is 37.9 Å². The van der Waals surface area contributed by atoms with E-state index in [1.807, 2.05) is 4.90 Å². The van der Waals surface area contributed by atoms with Crippen LogP contribution in [0.25, 0.3) is 0 Å². The number of aromatic nitrogens is 2. The fourth-order valence-corrected chi connectivity index (χ4v) is 1.34. The Bertz CT molecular complexity index is 297. The maximum absolute atomic E-state index is 8.89. The summed E-state index contributed by atoms with van der Waals surface area (Å²) in [4.78, 5) is 10.4. The molecule has 0 amide bonds. The Kier molecular flexibility index (Phi) is 6.46. The molecule has 6 heteroatoms. The molecule has 17 heavy (non-hydrogen) atoms. The summed E-state index contributed by atoms with van der Waals surface area (Å²) < 4.78 is 10.1. The second kappa shape index (κ2) is 7.94. The maximum Gasteiger partial charge on any atom is 0.147 e. The number of aliphatic hydroxyl groups is 1. The fourth-order valence-electron chi connectivity index (χ4n) is 1.34. The number of hydrogen-bond acceptors (Lipinski definition) is 6. The molecule has 1 aromatic heterocycles. The molecule has 0 unspecified atom stereocenters. The van der Waals surface area contributed by atoms with Gasteiger partial charge in [-0.15, -0.1) is 0 Å². The first-order valence-electron chi connectivity index (χ1n) is 5.46. The minimum absolute atomic E-state index is 0.0938. The van der Waals surface area contributed by atoms with Crippen LogP contribution in [0.15, 0.2) is 12.4 Å². The van der Waals surface area contributed by atoms with Crippen molar-refractivity contribution in [3.63, 3.8) is 0 Å². The van der Waals surface area contributed by atoms with Crippen molar-refractivity contribution in [2.75, 3.05) is 45.4 Å². The molecule has 0 radical (unpaired) electrons. The van der Waals surface area contributed by atoms with Gasteiger partial charge in [-0.25, -0.2) is 4.98 Å². The lowest BCUT2D eigenvalue weighted by Gasteiger charge is -2.22. The second-order valence-corrected chi connectivity index (χ2v) is 3.50. The van der Waals surface area contributed by atoms with E-state index in [1.165, 1.54) is 0 Å². The van der Waals surface area contributed by atoms with Crippen LogP contribution < -0.4 is 4.90 Å². The fraction of sp³-hybridized carbons (Fsp3) is 0.636. The van der Waals surface area contributed by atoms with Crippen LogP contribution >= 0.6 is 0 Å². The van der Waals surface area contributed by atoms with E-state index in [0.717, 1.165) is 18.9 Å². The monoisotopic (exact) mass is 241 g/mol. The van der Waals surface area contributed by atoms with E-state index < -0.39 is 0 Å². The van der Waals surface area contributed by atoms with Gasteiger partial charge in [0.1, 0.15) is 5.82 Å². The zero-order chi connectivity index (χ0) is 12.5. The molecule has 0 saturated heterocycles. The molecular weight excluding hydrogens is 222 g/mol.